The van der Waals surface area contributed by atoms with Crippen molar-refractivity contribution in [1.82, 2.24) is 0 Å². The van der Waals surface area contributed by atoms with Crippen molar-refractivity contribution >= 4 is 0 Å². The average molecular weight is 285 g/mol. The van der Waals surface area contributed by atoms with Crippen LogP contribution in [0.1, 0.15) is 17.9 Å². The van der Waals surface area contributed by atoms with Crippen molar-refractivity contribution in [2.24, 2.45) is 0 Å². The van der Waals surface area contributed by atoms with Crippen LogP contribution in [0.15, 0.2) is 48.5 Å². The fourth-order valence-corrected chi connectivity index (χ4v) is 2.07. The van der Waals surface area contributed by atoms with Crippen molar-refractivity contribution in [3.63, 3.8) is 0 Å². The van der Waals surface area contributed by atoms with Gasteiger partial charge in [0.1, 0.15) is 17.3 Å². The number of nitriles is 1. The van der Waals surface area contributed by atoms with Crippen LogP contribution >= 0.6 is 0 Å². The zero-order valence-electron chi connectivity index (χ0n) is 11.8. The van der Waals surface area contributed by atoms with Crippen LogP contribution in [-0.4, -0.2) is 13.7 Å². The van der Waals surface area contributed by atoms with Crippen LogP contribution in [0.2, 0.25) is 0 Å². The zero-order valence-corrected chi connectivity index (χ0v) is 11.8. The van der Waals surface area contributed by atoms with Crippen molar-refractivity contribution < 1.29 is 13.9 Å². The third-order valence-electron chi connectivity index (χ3n) is 3.16. The first-order valence-corrected chi connectivity index (χ1v) is 6.65. The third kappa shape index (κ3) is 3.96. The number of methoxy groups -OCH3 is 1. The van der Waals surface area contributed by atoms with Gasteiger partial charge in [-0.25, -0.2) is 4.39 Å². The van der Waals surface area contributed by atoms with Crippen LogP contribution in [0.5, 0.6) is 11.5 Å². The second kappa shape index (κ2) is 7.30. The molecule has 0 amide bonds. The van der Waals surface area contributed by atoms with Gasteiger partial charge in [-0.15, -0.1) is 0 Å². The van der Waals surface area contributed by atoms with E-state index in [-0.39, 0.29) is 11.7 Å². The van der Waals surface area contributed by atoms with Gasteiger partial charge in [-0.1, -0.05) is 18.2 Å². The lowest BCUT2D eigenvalue weighted by atomic mass is 9.97. The van der Waals surface area contributed by atoms with Crippen LogP contribution < -0.4 is 9.47 Å². The summed E-state index contributed by atoms with van der Waals surface area (Å²) in [4.78, 5) is 0. The molecule has 0 spiro atoms. The predicted molar refractivity (Wildman–Crippen MR) is 77.9 cm³/mol. The van der Waals surface area contributed by atoms with E-state index in [9.17, 15) is 9.65 Å². The van der Waals surface area contributed by atoms with Crippen molar-refractivity contribution in [3.05, 3.63) is 59.9 Å². The van der Waals surface area contributed by atoms with Gasteiger partial charge in [0.2, 0.25) is 0 Å². The van der Waals surface area contributed by atoms with Gasteiger partial charge >= 0.3 is 0 Å². The summed E-state index contributed by atoms with van der Waals surface area (Å²) in [6.07, 6.45) is 0.536. The Labute approximate surface area is 123 Å². The number of hydrogen-bond acceptors (Lipinski definition) is 3. The molecule has 3 nitrogen and oxygen atoms in total. The van der Waals surface area contributed by atoms with Crippen LogP contribution in [0.4, 0.5) is 4.39 Å². The van der Waals surface area contributed by atoms with Gasteiger partial charge in [0, 0.05) is 12.0 Å². The molecule has 1 unspecified atom stereocenters. The van der Waals surface area contributed by atoms with E-state index >= 15 is 0 Å². The van der Waals surface area contributed by atoms with Crippen LogP contribution in [0.3, 0.4) is 0 Å². The molecule has 0 fully saturated rings. The summed E-state index contributed by atoms with van der Waals surface area (Å²) in [6.45, 7) is 0.377. The van der Waals surface area contributed by atoms with E-state index in [0.29, 0.717) is 24.5 Å². The van der Waals surface area contributed by atoms with Gasteiger partial charge in [-0.05, 0) is 30.3 Å². The molecule has 0 saturated heterocycles. The predicted octanol–water partition coefficient (Wildman–Crippen LogP) is 3.91. The molecule has 2 aromatic carbocycles. The minimum absolute atomic E-state index is 0.300. The van der Waals surface area contributed by atoms with Gasteiger partial charge in [0.25, 0.3) is 0 Å². The number of para-hydroxylation sites is 1. The highest BCUT2D eigenvalue weighted by molar-refractivity contribution is 5.39. The molecule has 0 N–H and O–H groups in total. The number of nitrogens with zero attached hydrogens (tertiary/aromatic N) is 1. The first-order chi connectivity index (χ1) is 10.2. The molecular weight excluding hydrogens is 269 g/mol. The van der Waals surface area contributed by atoms with Gasteiger partial charge in [0.15, 0.2) is 0 Å². The molecule has 0 radical (unpaired) electrons. The fourth-order valence-electron chi connectivity index (χ4n) is 2.07. The summed E-state index contributed by atoms with van der Waals surface area (Å²) in [7, 11) is 1.59. The lowest BCUT2D eigenvalue weighted by Crippen LogP contribution is -2.06. The van der Waals surface area contributed by atoms with Crippen LogP contribution in [0.25, 0.3) is 0 Å². The number of ether oxygens (including phenoxy) is 2. The average Bonchev–Trinajstić information content (AvgIpc) is 2.53. The van der Waals surface area contributed by atoms with Crippen LogP contribution in [-0.2, 0) is 0 Å². The summed E-state index contributed by atoms with van der Waals surface area (Å²) >= 11 is 0. The molecule has 0 bridgehead atoms. The Morgan fingerprint density at radius 2 is 1.86 bits per heavy atom. The molecule has 0 aliphatic carbocycles. The highest BCUT2D eigenvalue weighted by Gasteiger charge is 2.15. The maximum Gasteiger partial charge on any atom is 0.123 e. The minimum atomic E-state index is -0.304. The fraction of sp³-hybridized carbons (Fsp3) is 0.235. The monoisotopic (exact) mass is 285 g/mol. The van der Waals surface area contributed by atoms with Crippen molar-refractivity contribution in [2.75, 3.05) is 13.7 Å². The van der Waals surface area contributed by atoms with E-state index in [1.54, 1.807) is 19.2 Å². The topological polar surface area (TPSA) is 42.2 Å². The molecular formula is C17H16FNO2. The Morgan fingerprint density at radius 1 is 1.14 bits per heavy atom. The second-order valence-electron chi connectivity index (χ2n) is 4.51. The molecule has 2 aromatic rings. The molecule has 4 heteroatoms. The van der Waals surface area contributed by atoms with E-state index in [1.165, 1.54) is 12.1 Å². The Balaban J connectivity index is 1.97. The summed E-state index contributed by atoms with van der Waals surface area (Å²) in [5, 5.41) is 9.32. The lowest BCUT2D eigenvalue weighted by molar-refractivity contribution is 0.304. The van der Waals surface area contributed by atoms with Gasteiger partial charge < -0.3 is 9.47 Å². The molecule has 0 aromatic heterocycles. The first-order valence-electron chi connectivity index (χ1n) is 6.65. The van der Waals surface area contributed by atoms with Gasteiger partial charge in [-0.3, -0.25) is 0 Å². The summed E-state index contributed by atoms with van der Waals surface area (Å²) in [6, 6.07) is 15.6. The van der Waals surface area contributed by atoms with E-state index in [1.807, 2.05) is 24.3 Å². The third-order valence-corrected chi connectivity index (χ3v) is 3.16. The SMILES string of the molecule is COc1ccccc1C(C#N)CCOc1ccc(F)cc1. The molecule has 0 saturated carbocycles. The minimum Gasteiger partial charge on any atom is -0.496 e. The lowest BCUT2D eigenvalue weighted by Gasteiger charge is -2.14. The Morgan fingerprint density at radius 3 is 2.52 bits per heavy atom. The normalized spacial score (nSPS) is 11.5. The molecule has 0 aliphatic heterocycles. The standard InChI is InChI=1S/C17H16FNO2/c1-20-17-5-3-2-4-16(17)13(12-19)10-11-21-15-8-6-14(18)7-9-15/h2-9,13H,10-11H2,1H3. The summed E-state index contributed by atoms with van der Waals surface area (Å²) in [5.74, 6) is 0.687. The number of rotatable bonds is 6. The van der Waals surface area contributed by atoms with E-state index in [4.69, 9.17) is 9.47 Å². The molecule has 0 aliphatic rings. The highest BCUT2D eigenvalue weighted by atomic mass is 19.1. The zero-order chi connectivity index (χ0) is 15.1. The smallest absolute Gasteiger partial charge is 0.123 e. The van der Waals surface area contributed by atoms with Crippen molar-refractivity contribution in [1.29, 1.82) is 5.26 Å². The molecule has 0 heterocycles. The van der Waals surface area contributed by atoms with Crippen LogP contribution in [0, 0.1) is 17.1 Å². The maximum atomic E-state index is 12.8. The quantitative estimate of drug-likeness (QED) is 0.808. The number of benzene rings is 2. The Kier molecular flexibility index (Phi) is 5.16. The first kappa shape index (κ1) is 14.9. The van der Waals surface area contributed by atoms with E-state index in [0.717, 1.165) is 5.56 Å². The molecule has 2 rings (SSSR count). The highest BCUT2D eigenvalue weighted by Crippen LogP contribution is 2.28. The largest absolute Gasteiger partial charge is 0.496 e. The van der Waals surface area contributed by atoms with Gasteiger partial charge in [-0.2, -0.15) is 5.26 Å². The molecule has 1 atom stereocenters. The van der Waals surface area contributed by atoms with E-state index < -0.39 is 0 Å². The Hall–Kier alpha value is -2.54. The Bertz CT molecular complexity index is 619. The molecule has 21 heavy (non-hydrogen) atoms. The van der Waals surface area contributed by atoms with Crippen molar-refractivity contribution in [3.8, 4) is 17.6 Å². The number of halogens is 1. The van der Waals surface area contributed by atoms with Gasteiger partial charge in [0.05, 0.1) is 25.7 Å². The second-order valence-corrected chi connectivity index (χ2v) is 4.51. The van der Waals surface area contributed by atoms with E-state index in [2.05, 4.69) is 6.07 Å². The maximum absolute atomic E-state index is 12.8. The number of hydrogen-bond donors (Lipinski definition) is 0. The summed E-state index contributed by atoms with van der Waals surface area (Å²) < 4.78 is 23.6. The molecule has 108 valence electrons. The van der Waals surface area contributed by atoms with Crippen molar-refractivity contribution in [2.45, 2.75) is 12.3 Å². The summed E-state index contributed by atoms with van der Waals surface area (Å²) in [5.41, 5.74) is 0.852.